The highest BCUT2D eigenvalue weighted by molar-refractivity contribution is 6.74. The van der Waals surface area contributed by atoms with E-state index in [-0.39, 0.29) is 16.9 Å². The Labute approximate surface area is 108 Å². The molecule has 0 aliphatic carbocycles. The van der Waals surface area contributed by atoms with Crippen LogP contribution in [-0.2, 0) is 4.43 Å². The van der Waals surface area contributed by atoms with Gasteiger partial charge in [-0.3, -0.25) is 0 Å². The highest BCUT2D eigenvalue weighted by Crippen LogP contribution is 2.36. The third-order valence-electron chi connectivity index (χ3n) is 3.87. The molecule has 1 N–H and O–H groups in total. The van der Waals surface area contributed by atoms with Crippen molar-refractivity contribution >= 4 is 8.32 Å². The van der Waals surface area contributed by atoms with Crippen LogP contribution in [0.3, 0.4) is 0 Å². The molecule has 0 saturated heterocycles. The summed E-state index contributed by atoms with van der Waals surface area (Å²) in [5.74, 6) is 2.54. The van der Waals surface area contributed by atoms with Gasteiger partial charge >= 0.3 is 0 Å². The fourth-order valence-corrected chi connectivity index (χ4v) is 2.36. The normalized spacial score (nSPS) is 18.3. The van der Waals surface area contributed by atoms with Crippen LogP contribution >= 0.6 is 0 Å². The number of aliphatic hydroxyl groups is 1. The summed E-state index contributed by atoms with van der Waals surface area (Å²) < 4.78 is 6.08. The van der Waals surface area contributed by atoms with Gasteiger partial charge in [-0.15, -0.1) is 12.3 Å². The highest BCUT2D eigenvalue weighted by atomic mass is 28.4. The molecular weight excluding hydrogens is 228 g/mol. The van der Waals surface area contributed by atoms with Crippen molar-refractivity contribution in [1.29, 1.82) is 0 Å². The van der Waals surface area contributed by atoms with Crippen LogP contribution in [0.15, 0.2) is 0 Å². The Kier molecular flexibility index (Phi) is 5.93. The van der Waals surface area contributed by atoms with Crippen molar-refractivity contribution in [3.05, 3.63) is 0 Å². The van der Waals surface area contributed by atoms with Gasteiger partial charge in [0, 0.05) is 18.4 Å². The van der Waals surface area contributed by atoms with E-state index in [0.29, 0.717) is 6.61 Å². The van der Waals surface area contributed by atoms with Gasteiger partial charge in [0.25, 0.3) is 0 Å². The summed E-state index contributed by atoms with van der Waals surface area (Å²) in [6.07, 6.45) is 4.84. The van der Waals surface area contributed by atoms with Crippen molar-refractivity contribution in [2.45, 2.75) is 58.9 Å². The van der Waals surface area contributed by atoms with Gasteiger partial charge < -0.3 is 9.53 Å². The fourth-order valence-electron chi connectivity index (χ4n) is 1.25. The summed E-state index contributed by atoms with van der Waals surface area (Å²) in [4.78, 5) is 0. The Morgan fingerprint density at radius 1 is 1.29 bits per heavy atom. The molecule has 0 aliphatic rings. The summed E-state index contributed by atoms with van der Waals surface area (Å²) in [7, 11) is -1.72. The third-order valence-corrected chi connectivity index (χ3v) is 8.37. The maximum Gasteiger partial charge on any atom is 0.191 e. The first kappa shape index (κ1) is 16.7. The van der Waals surface area contributed by atoms with Gasteiger partial charge in [0.05, 0.1) is 6.10 Å². The monoisotopic (exact) mass is 256 g/mol. The van der Waals surface area contributed by atoms with Crippen molar-refractivity contribution in [3.63, 3.8) is 0 Å². The van der Waals surface area contributed by atoms with Crippen molar-refractivity contribution in [1.82, 2.24) is 0 Å². The van der Waals surface area contributed by atoms with Gasteiger partial charge in [0.2, 0.25) is 0 Å². The number of aliphatic hydroxyl groups excluding tert-OH is 1. The molecule has 0 aliphatic heterocycles. The Morgan fingerprint density at radius 3 is 2.12 bits per heavy atom. The Morgan fingerprint density at radius 2 is 1.76 bits per heavy atom. The zero-order valence-electron chi connectivity index (χ0n) is 12.4. The van der Waals surface area contributed by atoms with E-state index in [0.717, 1.165) is 0 Å². The second-order valence-electron chi connectivity index (χ2n) is 6.49. The Bertz CT molecular complexity index is 273. The van der Waals surface area contributed by atoms with E-state index in [1.165, 1.54) is 0 Å². The van der Waals surface area contributed by atoms with E-state index < -0.39 is 14.4 Å². The second-order valence-corrected chi connectivity index (χ2v) is 11.3. The molecule has 2 nitrogen and oxygen atoms in total. The molecule has 0 radical (unpaired) electrons. The molecule has 0 spiro atoms. The smallest absolute Gasteiger partial charge is 0.191 e. The van der Waals surface area contributed by atoms with E-state index in [4.69, 9.17) is 10.8 Å². The van der Waals surface area contributed by atoms with Crippen molar-refractivity contribution in [3.8, 4) is 12.3 Å². The molecule has 3 atom stereocenters. The summed E-state index contributed by atoms with van der Waals surface area (Å²) in [6.45, 7) is 15.5. The first-order chi connectivity index (χ1) is 7.53. The molecule has 0 aromatic heterocycles. The first-order valence-electron chi connectivity index (χ1n) is 6.31. The summed E-state index contributed by atoms with van der Waals surface area (Å²) in [5, 5.41) is 10.2. The molecule has 0 aromatic rings. The van der Waals surface area contributed by atoms with Crippen molar-refractivity contribution in [2.75, 3.05) is 6.61 Å². The average Bonchev–Trinajstić information content (AvgIpc) is 2.22. The van der Waals surface area contributed by atoms with Crippen LogP contribution in [0.2, 0.25) is 18.1 Å². The fraction of sp³-hybridized carbons (Fsp3) is 0.857. The molecular formula is C14H28O2Si. The molecule has 3 heteroatoms. The molecule has 0 fully saturated rings. The van der Waals surface area contributed by atoms with E-state index >= 15 is 0 Å². The second kappa shape index (κ2) is 6.04. The maximum absolute atomic E-state index is 9.98. The molecule has 17 heavy (non-hydrogen) atoms. The van der Waals surface area contributed by atoms with Gasteiger partial charge in [-0.1, -0.05) is 27.7 Å². The van der Waals surface area contributed by atoms with E-state index in [9.17, 15) is 5.11 Å². The van der Waals surface area contributed by atoms with Crippen LogP contribution < -0.4 is 0 Å². The molecule has 100 valence electrons. The number of terminal acetylenes is 1. The van der Waals surface area contributed by atoms with Gasteiger partial charge in [-0.25, -0.2) is 0 Å². The van der Waals surface area contributed by atoms with Gasteiger partial charge in [0.15, 0.2) is 8.32 Å². The molecule has 3 unspecified atom stereocenters. The molecule has 0 amide bonds. The molecule has 0 aromatic carbocycles. The lowest BCUT2D eigenvalue weighted by Gasteiger charge is -2.37. The molecule has 0 heterocycles. The largest absolute Gasteiger partial charge is 0.416 e. The number of hydrogen-bond donors (Lipinski definition) is 1. The van der Waals surface area contributed by atoms with Crippen molar-refractivity contribution in [2.24, 2.45) is 11.8 Å². The summed E-state index contributed by atoms with van der Waals surface area (Å²) in [5.41, 5.74) is 0. The zero-order valence-corrected chi connectivity index (χ0v) is 13.4. The summed E-state index contributed by atoms with van der Waals surface area (Å²) >= 11 is 0. The topological polar surface area (TPSA) is 29.5 Å². The average molecular weight is 256 g/mol. The lowest BCUT2D eigenvalue weighted by Crippen LogP contribution is -2.43. The zero-order chi connectivity index (χ0) is 13.9. The number of hydrogen-bond acceptors (Lipinski definition) is 2. The molecule has 0 bridgehead atoms. The number of rotatable bonds is 5. The standard InChI is InChI=1S/C14H28O2Si/c1-9-11(2)13(15)12(3)10-16-17(7,8)14(4,5)6/h1,11-13,15H,10H2,2-8H3. The quantitative estimate of drug-likeness (QED) is 0.604. The van der Waals surface area contributed by atoms with Crippen LogP contribution in [0.4, 0.5) is 0 Å². The van der Waals surface area contributed by atoms with E-state index in [2.05, 4.69) is 39.8 Å². The highest BCUT2D eigenvalue weighted by Gasteiger charge is 2.37. The lowest BCUT2D eigenvalue weighted by molar-refractivity contribution is 0.0567. The minimum Gasteiger partial charge on any atom is -0.416 e. The maximum atomic E-state index is 9.98. The predicted octanol–water partition coefficient (Wildman–Crippen LogP) is 3.27. The Hall–Kier alpha value is -0.303. The van der Waals surface area contributed by atoms with E-state index in [1.54, 1.807) is 0 Å². The van der Waals surface area contributed by atoms with Crippen LogP contribution in [0.5, 0.6) is 0 Å². The van der Waals surface area contributed by atoms with Crippen LogP contribution in [0.25, 0.3) is 0 Å². The third kappa shape index (κ3) is 4.83. The van der Waals surface area contributed by atoms with Gasteiger partial charge in [0.1, 0.15) is 0 Å². The Balaban J connectivity index is 4.35. The van der Waals surface area contributed by atoms with Gasteiger partial charge in [-0.2, -0.15) is 0 Å². The molecule has 0 rings (SSSR count). The lowest BCUT2D eigenvalue weighted by atomic mass is 9.95. The first-order valence-corrected chi connectivity index (χ1v) is 9.22. The predicted molar refractivity (Wildman–Crippen MR) is 76.3 cm³/mol. The van der Waals surface area contributed by atoms with Crippen molar-refractivity contribution < 1.29 is 9.53 Å². The minimum absolute atomic E-state index is 0.0789. The van der Waals surface area contributed by atoms with Crippen LogP contribution in [-0.4, -0.2) is 26.1 Å². The minimum atomic E-state index is -1.72. The SMILES string of the molecule is C#CC(C)C(O)C(C)CO[Si](C)(C)C(C)(C)C. The van der Waals surface area contributed by atoms with Gasteiger partial charge in [-0.05, 0) is 25.1 Å². The van der Waals surface area contributed by atoms with E-state index in [1.807, 2.05) is 13.8 Å². The summed E-state index contributed by atoms with van der Waals surface area (Å²) in [6, 6.07) is 0. The van der Waals surface area contributed by atoms with Crippen LogP contribution in [0.1, 0.15) is 34.6 Å². The molecule has 0 saturated carbocycles. The van der Waals surface area contributed by atoms with Crippen LogP contribution in [0, 0.1) is 24.2 Å².